The lowest BCUT2D eigenvalue weighted by atomic mass is 10.1. The molecule has 1 aromatic heterocycles. The Morgan fingerprint density at radius 2 is 1.87 bits per heavy atom. The maximum Gasteiger partial charge on any atom is 0.343 e. The summed E-state index contributed by atoms with van der Waals surface area (Å²) in [5.74, 6) is -1.16. The summed E-state index contributed by atoms with van der Waals surface area (Å²) in [5.41, 5.74) is 2.61. The lowest BCUT2D eigenvalue weighted by Gasteiger charge is -2.30. The molecule has 2 heterocycles. The fourth-order valence-corrected chi connectivity index (χ4v) is 3.92. The third kappa shape index (κ3) is 4.32. The molecule has 2 aromatic carbocycles. The molecule has 0 aliphatic carbocycles. The highest BCUT2D eigenvalue weighted by Crippen LogP contribution is 2.26. The van der Waals surface area contributed by atoms with E-state index in [1.54, 1.807) is 13.0 Å². The average Bonchev–Trinajstić information content (AvgIpc) is 2.77. The molecule has 7 heteroatoms. The highest BCUT2D eigenvalue weighted by atomic mass is 19.1. The van der Waals surface area contributed by atoms with Gasteiger partial charge in [-0.15, -0.1) is 0 Å². The number of benzene rings is 2. The van der Waals surface area contributed by atoms with Crippen LogP contribution in [0.3, 0.4) is 0 Å². The van der Waals surface area contributed by atoms with Crippen LogP contribution in [0, 0.1) is 12.7 Å². The van der Waals surface area contributed by atoms with Gasteiger partial charge in [0.1, 0.15) is 11.4 Å². The maximum atomic E-state index is 15.0. The minimum absolute atomic E-state index is 0.0872. The van der Waals surface area contributed by atoms with Crippen molar-refractivity contribution < 1.29 is 13.9 Å². The van der Waals surface area contributed by atoms with Crippen molar-refractivity contribution in [3.8, 4) is 0 Å². The van der Waals surface area contributed by atoms with Gasteiger partial charge in [-0.2, -0.15) is 0 Å². The van der Waals surface area contributed by atoms with E-state index in [0.717, 1.165) is 24.2 Å². The fourth-order valence-electron chi connectivity index (χ4n) is 3.92. The number of hydrogen-bond acceptors (Lipinski definition) is 5. The van der Waals surface area contributed by atoms with Crippen molar-refractivity contribution in [2.75, 3.05) is 37.7 Å². The summed E-state index contributed by atoms with van der Waals surface area (Å²) in [5, 5.41) is 3.44. The monoisotopic (exact) mass is 423 g/mol. The van der Waals surface area contributed by atoms with E-state index in [1.165, 1.54) is 12.3 Å². The third-order valence-corrected chi connectivity index (χ3v) is 5.58. The van der Waals surface area contributed by atoms with Crippen LogP contribution in [0.25, 0.3) is 10.9 Å². The zero-order valence-electron chi connectivity index (χ0n) is 17.8. The number of carbonyl (C=O) groups excluding carboxylic acids is 1. The Labute approximate surface area is 180 Å². The molecule has 162 valence electrons. The topological polar surface area (TPSA) is 63.6 Å². The van der Waals surface area contributed by atoms with Crippen molar-refractivity contribution in [3.05, 3.63) is 75.3 Å². The van der Waals surface area contributed by atoms with Gasteiger partial charge in [0, 0.05) is 44.3 Å². The summed E-state index contributed by atoms with van der Waals surface area (Å²) in [6, 6.07) is 11.0. The molecule has 31 heavy (non-hydrogen) atoms. The molecule has 0 atom stereocenters. The highest BCUT2D eigenvalue weighted by Gasteiger charge is 2.21. The number of piperazine rings is 1. The van der Waals surface area contributed by atoms with Gasteiger partial charge in [0.15, 0.2) is 0 Å². The second-order valence-electron chi connectivity index (χ2n) is 7.76. The van der Waals surface area contributed by atoms with Gasteiger partial charge in [-0.3, -0.25) is 4.79 Å². The van der Waals surface area contributed by atoms with Crippen LogP contribution in [0.4, 0.5) is 10.1 Å². The van der Waals surface area contributed by atoms with E-state index in [1.807, 2.05) is 40.7 Å². The Hall–Kier alpha value is -3.19. The normalized spacial score (nSPS) is 14.1. The van der Waals surface area contributed by atoms with Crippen LogP contribution < -0.4 is 15.6 Å². The largest absolute Gasteiger partial charge is 0.462 e. The predicted molar refractivity (Wildman–Crippen MR) is 119 cm³/mol. The number of hydrogen-bond donors (Lipinski definition) is 1. The summed E-state index contributed by atoms with van der Waals surface area (Å²) in [4.78, 5) is 27.4. The second-order valence-corrected chi connectivity index (χ2v) is 7.76. The smallest absolute Gasteiger partial charge is 0.343 e. The van der Waals surface area contributed by atoms with E-state index in [-0.39, 0.29) is 17.6 Å². The van der Waals surface area contributed by atoms with Crippen molar-refractivity contribution in [2.45, 2.75) is 20.4 Å². The van der Waals surface area contributed by atoms with Gasteiger partial charge in [-0.05, 0) is 31.5 Å². The van der Waals surface area contributed by atoms with Crippen LogP contribution in [0.15, 0.2) is 47.4 Å². The van der Waals surface area contributed by atoms with E-state index in [4.69, 9.17) is 4.74 Å². The second kappa shape index (κ2) is 8.89. The van der Waals surface area contributed by atoms with Crippen LogP contribution in [0.1, 0.15) is 28.4 Å². The zero-order chi connectivity index (χ0) is 22.0. The van der Waals surface area contributed by atoms with Gasteiger partial charge >= 0.3 is 5.97 Å². The Morgan fingerprint density at radius 1 is 1.16 bits per heavy atom. The number of aromatic nitrogens is 1. The molecule has 0 saturated carbocycles. The molecule has 6 nitrogen and oxygen atoms in total. The van der Waals surface area contributed by atoms with Gasteiger partial charge in [0.25, 0.3) is 0 Å². The van der Waals surface area contributed by atoms with E-state index < -0.39 is 17.2 Å². The lowest BCUT2D eigenvalue weighted by molar-refractivity contribution is 0.0524. The zero-order valence-corrected chi connectivity index (χ0v) is 17.8. The first-order valence-corrected chi connectivity index (χ1v) is 10.5. The van der Waals surface area contributed by atoms with Crippen LogP contribution >= 0.6 is 0 Å². The fraction of sp³-hybridized carbons (Fsp3) is 0.333. The molecule has 1 N–H and O–H groups in total. The van der Waals surface area contributed by atoms with Crippen LogP contribution in [-0.2, 0) is 11.3 Å². The van der Waals surface area contributed by atoms with Crippen molar-refractivity contribution in [1.82, 2.24) is 9.88 Å². The number of rotatable bonds is 5. The molecule has 1 aliphatic heterocycles. The Kier molecular flexibility index (Phi) is 6.04. The molecule has 0 bridgehead atoms. The molecule has 0 radical (unpaired) electrons. The van der Waals surface area contributed by atoms with Gasteiger partial charge in [-0.1, -0.05) is 29.8 Å². The first-order chi connectivity index (χ1) is 15.0. The van der Waals surface area contributed by atoms with Crippen LogP contribution in [0.5, 0.6) is 0 Å². The molecule has 0 spiro atoms. The van der Waals surface area contributed by atoms with E-state index in [0.29, 0.717) is 30.8 Å². The van der Waals surface area contributed by atoms with Crippen molar-refractivity contribution in [3.63, 3.8) is 0 Å². The van der Waals surface area contributed by atoms with Gasteiger partial charge < -0.3 is 19.5 Å². The van der Waals surface area contributed by atoms with Gasteiger partial charge in [0.05, 0.1) is 17.8 Å². The van der Waals surface area contributed by atoms with E-state index >= 15 is 4.39 Å². The molecule has 1 aliphatic rings. The molecule has 1 fully saturated rings. The molecule has 0 unspecified atom stereocenters. The number of anilines is 1. The highest BCUT2D eigenvalue weighted by molar-refractivity contribution is 5.94. The van der Waals surface area contributed by atoms with E-state index in [9.17, 15) is 9.59 Å². The van der Waals surface area contributed by atoms with Crippen LogP contribution in [0.2, 0.25) is 0 Å². The number of fused-ring (bicyclic) bond motifs is 1. The Bertz CT molecular complexity index is 1170. The molecule has 1 saturated heterocycles. The van der Waals surface area contributed by atoms with Crippen LogP contribution in [-0.4, -0.2) is 43.3 Å². The maximum absolute atomic E-state index is 15.0. The van der Waals surface area contributed by atoms with Crippen molar-refractivity contribution >= 4 is 22.6 Å². The van der Waals surface area contributed by atoms with Gasteiger partial charge in [0.2, 0.25) is 5.43 Å². The summed E-state index contributed by atoms with van der Waals surface area (Å²) < 4.78 is 21.9. The quantitative estimate of drug-likeness (QED) is 0.639. The summed E-state index contributed by atoms with van der Waals surface area (Å²) in [6.45, 7) is 7.21. The number of pyridine rings is 1. The number of halogens is 1. The first-order valence-electron chi connectivity index (χ1n) is 10.5. The Morgan fingerprint density at radius 3 is 2.55 bits per heavy atom. The minimum Gasteiger partial charge on any atom is -0.462 e. The number of aryl methyl sites for hydroxylation is 1. The third-order valence-electron chi connectivity index (χ3n) is 5.58. The first kappa shape index (κ1) is 21.1. The lowest BCUT2D eigenvalue weighted by Crippen LogP contribution is -2.43. The number of carbonyl (C=O) groups is 1. The number of nitrogens with zero attached hydrogens (tertiary/aromatic N) is 2. The molecule has 4 rings (SSSR count). The average molecular weight is 423 g/mol. The Balaban J connectivity index is 1.89. The van der Waals surface area contributed by atoms with Crippen molar-refractivity contribution in [1.29, 1.82) is 0 Å². The summed E-state index contributed by atoms with van der Waals surface area (Å²) in [6.07, 6.45) is 1.53. The van der Waals surface area contributed by atoms with Gasteiger partial charge in [-0.25, -0.2) is 9.18 Å². The van der Waals surface area contributed by atoms with Crippen molar-refractivity contribution in [2.24, 2.45) is 0 Å². The SMILES string of the molecule is CCOC(=O)c1cn(Cc2ccc(C)cc2)c2cc(N3CCNCC3)c(F)cc2c1=O. The molecular formula is C24H26FN3O3. The summed E-state index contributed by atoms with van der Waals surface area (Å²) >= 11 is 0. The molecular weight excluding hydrogens is 397 g/mol. The van der Waals surface area contributed by atoms with E-state index in [2.05, 4.69) is 5.32 Å². The predicted octanol–water partition coefficient (Wildman–Crippen LogP) is 3.08. The number of nitrogens with one attached hydrogen (secondary N) is 1. The minimum atomic E-state index is -0.696. The summed E-state index contributed by atoms with van der Waals surface area (Å²) in [7, 11) is 0. The number of esters is 1. The number of ether oxygens (including phenoxy) is 1. The molecule has 3 aromatic rings. The standard InChI is InChI=1S/C24H26FN3O3/c1-3-31-24(30)19-15-28(14-17-6-4-16(2)5-7-17)21-13-22(27-10-8-26-9-11-27)20(25)12-18(21)23(19)29/h4-7,12-13,15,26H,3,8-11,14H2,1-2H3. The molecule has 0 amide bonds.